The Morgan fingerprint density at radius 3 is 2.24 bits per heavy atom. The highest BCUT2D eigenvalue weighted by Crippen LogP contribution is 2.37. The summed E-state index contributed by atoms with van der Waals surface area (Å²) in [5.41, 5.74) is 1.76. The molecule has 10 heteroatoms. The number of phenols is 1. The van der Waals surface area contributed by atoms with Gasteiger partial charge in [-0.1, -0.05) is 23.5 Å². The highest BCUT2D eigenvalue weighted by molar-refractivity contribution is 7.07. The number of esters is 1. The third kappa shape index (κ3) is 4.97. The number of carbonyl (C=O) groups is 1. The van der Waals surface area contributed by atoms with Crippen LogP contribution in [-0.4, -0.2) is 43.1 Å². The van der Waals surface area contributed by atoms with Crippen LogP contribution in [0.25, 0.3) is 6.08 Å². The Kier molecular flexibility index (Phi) is 7.40. The Balaban J connectivity index is 1.94. The molecular weight excluding hydrogens is 496 g/mol. The van der Waals surface area contributed by atoms with E-state index in [1.807, 2.05) is 12.1 Å². The number of rotatable bonds is 7. The summed E-state index contributed by atoms with van der Waals surface area (Å²) in [6.07, 6.45) is 1.33. The van der Waals surface area contributed by atoms with E-state index in [-0.39, 0.29) is 28.9 Å². The number of aromatic hydroxyl groups is 1. The highest BCUT2D eigenvalue weighted by atomic mass is 32.1. The maximum atomic E-state index is 13.8. The minimum absolute atomic E-state index is 0.132. The molecule has 1 aliphatic rings. The second-order valence-corrected chi connectivity index (χ2v) is 9.59. The molecule has 0 aliphatic carbocycles. The van der Waals surface area contributed by atoms with Crippen molar-refractivity contribution in [2.24, 2.45) is 4.99 Å². The van der Waals surface area contributed by atoms with E-state index >= 15 is 0 Å². The Hall–Kier alpha value is -4.05. The molecule has 194 valence electrons. The number of ether oxygens (including phenoxy) is 4. The van der Waals surface area contributed by atoms with Crippen LogP contribution in [0.4, 0.5) is 0 Å². The summed E-state index contributed by atoms with van der Waals surface area (Å²) in [6.45, 7) is 5.28. The lowest BCUT2D eigenvalue weighted by atomic mass is 9.96. The van der Waals surface area contributed by atoms with E-state index in [1.54, 1.807) is 58.2 Å². The van der Waals surface area contributed by atoms with Gasteiger partial charge in [0.15, 0.2) is 16.3 Å². The second-order valence-electron chi connectivity index (χ2n) is 8.58. The minimum atomic E-state index is -0.737. The molecule has 1 N–H and O–H groups in total. The van der Waals surface area contributed by atoms with Gasteiger partial charge in [0.2, 0.25) is 5.75 Å². The number of phenolic OH excluding ortho intramolecular Hbond substituents is 1. The van der Waals surface area contributed by atoms with Crippen LogP contribution in [0.1, 0.15) is 37.9 Å². The summed E-state index contributed by atoms with van der Waals surface area (Å²) in [5.74, 6) is 0.415. The fourth-order valence-corrected chi connectivity index (χ4v) is 5.16. The van der Waals surface area contributed by atoms with E-state index in [0.29, 0.717) is 37.5 Å². The van der Waals surface area contributed by atoms with Crippen molar-refractivity contribution in [2.75, 3.05) is 21.3 Å². The molecule has 0 unspecified atom stereocenters. The molecule has 9 nitrogen and oxygen atoms in total. The van der Waals surface area contributed by atoms with Crippen LogP contribution in [0.3, 0.4) is 0 Å². The van der Waals surface area contributed by atoms with E-state index in [1.165, 1.54) is 30.1 Å². The predicted octanol–water partition coefficient (Wildman–Crippen LogP) is 2.92. The molecule has 2 heterocycles. The van der Waals surface area contributed by atoms with Crippen LogP contribution in [-0.2, 0) is 9.53 Å². The van der Waals surface area contributed by atoms with Crippen LogP contribution in [0.5, 0.6) is 23.0 Å². The molecule has 0 saturated carbocycles. The number of thiazole rings is 1. The summed E-state index contributed by atoms with van der Waals surface area (Å²) in [6, 6.07) is 9.66. The quantitative estimate of drug-likeness (QED) is 0.474. The molecule has 4 rings (SSSR count). The first-order valence-electron chi connectivity index (χ1n) is 11.5. The molecule has 3 aromatic rings. The maximum Gasteiger partial charge on any atom is 0.338 e. The van der Waals surface area contributed by atoms with Crippen LogP contribution in [0, 0.1) is 0 Å². The number of aromatic nitrogens is 1. The van der Waals surface area contributed by atoms with E-state index < -0.39 is 12.0 Å². The zero-order valence-corrected chi connectivity index (χ0v) is 22.2. The third-order valence-electron chi connectivity index (χ3n) is 5.82. The van der Waals surface area contributed by atoms with E-state index in [0.717, 1.165) is 0 Å². The van der Waals surface area contributed by atoms with Crippen LogP contribution >= 0.6 is 11.3 Å². The van der Waals surface area contributed by atoms with Crippen molar-refractivity contribution >= 4 is 23.4 Å². The van der Waals surface area contributed by atoms with Gasteiger partial charge in [0.1, 0.15) is 5.75 Å². The number of hydrogen-bond donors (Lipinski definition) is 1. The molecule has 0 fully saturated rings. The van der Waals surface area contributed by atoms with Gasteiger partial charge in [-0.05, 0) is 62.2 Å². The van der Waals surface area contributed by atoms with Gasteiger partial charge < -0.3 is 24.1 Å². The molecule has 0 bridgehead atoms. The SMILES string of the molecule is COc1ccc([C@@H]2C(C(=O)OC(C)C)=C(C)N=c3sc(=Cc4cc(OC)c(O)c(OC)c4)c(=O)n32)cc1. The monoisotopic (exact) mass is 524 g/mol. The lowest BCUT2D eigenvalue weighted by molar-refractivity contribution is -0.143. The molecule has 37 heavy (non-hydrogen) atoms. The summed E-state index contributed by atoms with van der Waals surface area (Å²) in [7, 11) is 4.43. The van der Waals surface area contributed by atoms with Crippen molar-refractivity contribution in [3.8, 4) is 23.0 Å². The minimum Gasteiger partial charge on any atom is -0.502 e. The average Bonchev–Trinajstić information content (AvgIpc) is 3.17. The lowest BCUT2D eigenvalue weighted by Gasteiger charge is -2.25. The lowest BCUT2D eigenvalue weighted by Crippen LogP contribution is -2.40. The van der Waals surface area contributed by atoms with Gasteiger partial charge in [-0.15, -0.1) is 0 Å². The Morgan fingerprint density at radius 2 is 1.70 bits per heavy atom. The number of methoxy groups -OCH3 is 3. The molecule has 0 spiro atoms. The number of carbonyl (C=O) groups excluding carboxylic acids is 1. The number of allylic oxidation sites excluding steroid dienone is 1. The van der Waals surface area contributed by atoms with Crippen molar-refractivity contribution in [3.05, 3.63) is 78.5 Å². The molecular formula is C27H28N2O7S. The van der Waals surface area contributed by atoms with Crippen LogP contribution in [0.2, 0.25) is 0 Å². The summed E-state index contributed by atoms with van der Waals surface area (Å²) < 4.78 is 23.2. The predicted molar refractivity (Wildman–Crippen MR) is 139 cm³/mol. The number of nitrogens with zero attached hydrogens (tertiary/aromatic N) is 2. The fourth-order valence-electron chi connectivity index (χ4n) is 4.11. The van der Waals surface area contributed by atoms with Gasteiger partial charge in [-0.25, -0.2) is 9.79 Å². The summed E-state index contributed by atoms with van der Waals surface area (Å²) in [5, 5.41) is 10.2. The molecule has 0 amide bonds. The van der Waals surface area contributed by atoms with Crippen molar-refractivity contribution in [1.29, 1.82) is 0 Å². The first-order chi connectivity index (χ1) is 17.7. The van der Waals surface area contributed by atoms with Gasteiger partial charge in [-0.2, -0.15) is 0 Å². The topological polar surface area (TPSA) is 109 Å². The second kappa shape index (κ2) is 10.5. The number of hydrogen-bond acceptors (Lipinski definition) is 9. The van der Waals surface area contributed by atoms with Crippen molar-refractivity contribution in [3.63, 3.8) is 0 Å². The standard InChI is InChI=1S/C27H28N2O7S/c1-14(2)36-26(32)22-15(3)28-27-29(23(22)17-7-9-18(33-4)10-8-17)25(31)21(37-27)13-16-11-19(34-5)24(30)20(12-16)35-6/h7-14,23,30H,1-6H3/t23-/m1/s1. The fraction of sp³-hybridized carbons (Fsp3) is 0.296. The number of fused-ring (bicyclic) bond motifs is 1. The Labute approximate surface area is 217 Å². The molecule has 1 atom stereocenters. The van der Waals surface area contributed by atoms with E-state index in [2.05, 4.69) is 4.99 Å². The largest absolute Gasteiger partial charge is 0.502 e. The molecule has 2 aromatic carbocycles. The van der Waals surface area contributed by atoms with Gasteiger partial charge in [0, 0.05) is 0 Å². The third-order valence-corrected chi connectivity index (χ3v) is 6.80. The Morgan fingerprint density at radius 1 is 1.08 bits per heavy atom. The van der Waals surface area contributed by atoms with E-state index in [9.17, 15) is 14.7 Å². The number of benzene rings is 2. The smallest absolute Gasteiger partial charge is 0.338 e. The molecule has 0 radical (unpaired) electrons. The molecule has 1 aliphatic heterocycles. The zero-order chi connectivity index (χ0) is 26.9. The van der Waals surface area contributed by atoms with Gasteiger partial charge in [-0.3, -0.25) is 9.36 Å². The Bertz CT molecular complexity index is 1520. The van der Waals surface area contributed by atoms with Gasteiger partial charge >= 0.3 is 5.97 Å². The van der Waals surface area contributed by atoms with E-state index in [4.69, 9.17) is 18.9 Å². The highest BCUT2D eigenvalue weighted by Gasteiger charge is 2.33. The van der Waals surface area contributed by atoms with Crippen molar-refractivity contribution in [1.82, 2.24) is 4.57 Å². The summed E-state index contributed by atoms with van der Waals surface area (Å²) >= 11 is 1.20. The summed E-state index contributed by atoms with van der Waals surface area (Å²) in [4.78, 5) is 32.0. The normalized spacial score (nSPS) is 15.3. The van der Waals surface area contributed by atoms with Gasteiger partial charge in [0.05, 0.1) is 49.3 Å². The molecule has 1 aromatic heterocycles. The van der Waals surface area contributed by atoms with Crippen molar-refractivity contribution in [2.45, 2.75) is 32.9 Å². The zero-order valence-electron chi connectivity index (χ0n) is 21.4. The molecule has 0 saturated heterocycles. The first kappa shape index (κ1) is 26.0. The maximum absolute atomic E-state index is 13.8. The van der Waals surface area contributed by atoms with Crippen molar-refractivity contribution < 1.29 is 28.8 Å². The first-order valence-corrected chi connectivity index (χ1v) is 12.3. The van der Waals surface area contributed by atoms with Crippen LogP contribution < -0.4 is 29.1 Å². The van der Waals surface area contributed by atoms with Gasteiger partial charge in [0.25, 0.3) is 5.56 Å². The van der Waals surface area contributed by atoms with Crippen LogP contribution in [0.15, 0.2) is 57.5 Å². The average molecular weight is 525 g/mol.